The highest BCUT2D eigenvalue weighted by Crippen LogP contribution is 2.27. The fraction of sp³-hybridized carbons (Fsp3) is 0.400. The number of ether oxygens (including phenoxy) is 1. The summed E-state index contributed by atoms with van der Waals surface area (Å²) in [5.41, 5.74) is 6.66. The van der Waals surface area contributed by atoms with E-state index in [9.17, 15) is 9.59 Å². The fourth-order valence-corrected chi connectivity index (χ4v) is 2.83. The maximum absolute atomic E-state index is 12.8. The van der Waals surface area contributed by atoms with E-state index < -0.39 is 0 Å². The number of benzene rings is 1. The van der Waals surface area contributed by atoms with Gasteiger partial charge in [0.1, 0.15) is 18.4 Å². The molecule has 0 spiro atoms. The monoisotopic (exact) mass is 481 g/mol. The number of rotatable bonds is 11. The summed E-state index contributed by atoms with van der Waals surface area (Å²) in [6.07, 6.45) is 5.77. The third-order valence-corrected chi connectivity index (χ3v) is 4.54. The zero-order valence-corrected chi connectivity index (χ0v) is 21.0. The van der Waals surface area contributed by atoms with Crippen molar-refractivity contribution in [3.8, 4) is 11.8 Å². The average molecular weight is 482 g/mol. The van der Waals surface area contributed by atoms with Crippen LogP contribution in [0.25, 0.3) is 0 Å². The number of carbonyl (C=O) groups is 2. The van der Waals surface area contributed by atoms with Crippen LogP contribution in [0.1, 0.15) is 42.6 Å². The van der Waals surface area contributed by atoms with Gasteiger partial charge in [-0.05, 0) is 51.2 Å². The van der Waals surface area contributed by atoms with Crippen LogP contribution < -0.4 is 15.8 Å². The summed E-state index contributed by atoms with van der Waals surface area (Å²) in [6, 6.07) is 7.00. The van der Waals surface area contributed by atoms with Gasteiger partial charge in [-0.25, -0.2) is 9.97 Å². The third-order valence-electron chi connectivity index (χ3n) is 4.54. The van der Waals surface area contributed by atoms with Gasteiger partial charge in [-0.3, -0.25) is 9.59 Å². The highest BCUT2D eigenvalue weighted by molar-refractivity contribution is 6.01. The molecule has 2 amide bonds. The lowest BCUT2D eigenvalue weighted by Gasteiger charge is -2.22. The summed E-state index contributed by atoms with van der Waals surface area (Å²) in [4.78, 5) is 35.5. The van der Waals surface area contributed by atoms with Crippen molar-refractivity contribution in [2.75, 3.05) is 51.4 Å². The van der Waals surface area contributed by atoms with Crippen molar-refractivity contribution in [3.63, 3.8) is 0 Å². The lowest BCUT2D eigenvalue weighted by atomic mass is 10.1. The molecule has 2 aromatic rings. The summed E-state index contributed by atoms with van der Waals surface area (Å²) in [5, 5.41) is 11.0. The first-order valence-electron chi connectivity index (χ1n) is 11.4. The predicted molar refractivity (Wildman–Crippen MR) is 137 cm³/mol. The van der Waals surface area contributed by atoms with Gasteiger partial charge in [0.25, 0.3) is 5.91 Å². The molecule has 10 heteroatoms. The quantitative estimate of drug-likeness (QED) is 0.467. The Balaban J connectivity index is 0.000000566. The number of likely N-dealkylation sites (N-methyl/N-ethyl adjacent to an activating group) is 1. The van der Waals surface area contributed by atoms with Crippen LogP contribution in [-0.2, 0) is 4.79 Å². The van der Waals surface area contributed by atoms with Gasteiger partial charge in [0, 0.05) is 25.2 Å². The van der Waals surface area contributed by atoms with Gasteiger partial charge in [0.2, 0.25) is 11.9 Å². The number of amides is 2. The highest BCUT2D eigenvalue weighted by atomic mass is 16.5. The first kappa shape index (κ1) is 29.1. The van der Waals surface area contributed by atoms with Crippen LogP contribution in [0.15, 0.2) is 43.2 Å². The average Bonchev–Trinajstić information content (AvgIpc) is 2.85. The van der Waals surface area contributed by atoms with E-state index in [0.29, 0.717) is 29.2 Å². The molecule has 0 bridgehead atoms. The van der Waals surface area contributed by atoms with Crippen LogP contribution in [0.4, 0.5) is 11.6 Å². The van der Waals surface area contributed by atoms with Gasteiger partial charge in [-0.2, -0.15) is 5.26 Å². The Morgan fingerprint density at radius 2 is 1.80 bits per heavy atom. The van der Waals surface area contributed by atoms with Gasteiger partial charge in [0.15, 0.2) is 0 Å². The van der Waals surface area contributed by atoms with E-state index in [0.717, 1.165) is 32.5 Å². The molecule has 0 radical (unpaired) electrons. The zero-order valence-electron chi connectivity index (χ0n) is 21.0. The zero-order chi connectivity index (χ0) is 26.2. The minimum absolute atomic E-state index is 0.0206. The molecule has 1 aromatic carbocycles. The lowest BCUT2D eigenvalue weighted by Crippen LogP contribution is -2.32. The molecule has 35 heavy (non-hydrogen) atoms. The Labute approximate surface area is 207 Å². The topological polar surface area (TPSA) is 137 Å². The van der Waals surface area contributed by atoms with Gasteiger partial charge in [-0.15, -0.1) is 0 Å². The molecule has 3 N–H and O–H groups in total. The van der Waals surface area contributed by atoms with Crippen molar-refractivity contribution < 1.29 is 14.3 Å². The van der Waals surface area contributed by atoms with E-state index >= 15 is 0 Å². The third kappa shape index (κ3) is 10.7. The molecule has 0 unspecified atom stereocenters. The van der Waals surface area contributed by atoms with Gasteiger partial charge in [-0.1, -0.05) is 20.4 Å². The molecule has 0 atom stereocenters. The molecule has 0 aliphatic heterocycles. The number of carbonyl (C=O) groups excluding carboxylic acids is 2. The summed E-state index contributed by atoms with van der Waals surface area (Å²) in [7, 11) is 3.91. The molecule has 0 aliphatic carbocycles. The van der Waals surface area contributed by atoms with Crippen LogP contribution in [0.3, 0.4) is 0 Å². The number of nitrogen functional groups attached to an aromatic ring is 1. The molecule has 10 nitrogen and oxygen atoms in total. The van der Waals surface area contributed by atoms with E-state index in [1.54, 1.807) is 18.2 Å². The van der Waals surface area contributed by atoms with Crippen molar-refractivity contribution in [2.45, 2.75) is 26.7 Å². The summed E-state index contributed by atoms with van der Waals surface area (Å²) in [6.45, 7) is 10.2. The normalized spacial score (nSPS) is 9.94. The second-order valence-corrected chi connectivity index (χ2v) is 7.79. The van der Waals surface area contributed by atoms with E-state index in [1.807, 2.05) is 30.0 Å². The van der Waals surface area contributed by atoms with Crippen LogP contribution in [0, 0.1) is 11.3 Å². The number of nitriles is 1. The maximum Gasteiger partial charge on any atom is 0.253 e. The Bertz CT molecular complexity index is 995. The van der Waals surface area contributed by atoms with Crippen LogP contribution in [0.2, 0.25) is 0 Å². The number of nitrogens with zero attached hydrogens (tertiary/aromatic N) is 5. The van der Waals surface area contributed by atoms with Crippen LogP contribution in [0.5, 0.6) is 5.75 Å². The van der Waals surface area contributed by atoms with E-state index in [-0.39, 0.29) is 17.8 Å². The molecule has 1 heterocycles. The number of anilines is 2. The molecular weight excluding hydrogens is 446 g/mol. The van der Waals surface area contributed by atoms with Crippen LogP contribution >= 0.6 is 0 Å². The van der Waals surface area contributed by atoms with Crippen molar-refractivity contribution in [1.29, 1.82) is 5.26 Å². The predicted octanol–water partition coefficient (Wildman–Crippen LogP) is 2.94. The van der Waals surface area contributed by atoms with E-state index in [2.05, 4.69) is 35.7 Å². The Morgan fingerprint density at radius 3 is 2.31 bits per heavy atom. The SMILES string of the molecule is C=CC(=O)Nc1ccc(C(=O)N(CCC)CCC)cc1OCCN(C)C.N#Cc1cnc(N)nc1. The van der Waals surface area contributed by atoms with Gasteiger partial charge < -0.3 is 25.6 Å². The molecular formula is C25H35N7O3. The molecule has 0 saturated carbocycles. The number of nitrogens with two attached hydrogens (primary N) is 1. The molecule has 0 aliphatic rings. The standard InChI is InChI=1S/C20H31N3O3.C5H4N4/c1-6-11-23(12-7-2)20(25)16-9-10-17(21-19(24)8-3)18(15-16)26-14-13-22(4)5;6-1-4-2-8-5(7)9-3-4/h8-10,15H,3,6-7,11-14H2,1-2,4-5H3,(H,21,24);2-3H,(H2,7,8,9). The van der Waals surface area contributed by atoms with Crippen molar-refractivity contribution in [3.05, 3.63) is 54.4 Å². The first-order valence-corrected chi connectivity index (χ1v) is 11.4. The van der Waals surface area contributed by atoms with E-state index in [1.165, 1.54) is 18.5 Å². The number of hydrogen-bond donors (Lipinski definition) is 2. The molecule has 1 aromatic heterocycles. The van der Waals surface area contributed by atoms with Gasteiger partial charge in [0.05, 0.1) is 23.6 Å². The molecule has 188 valence electrons. The molecule has 0 saturated heterocycles. The minimum Gasteiger partial charge on any atom is -0.490 e. The Morgan fingerprint density at radius 1 is 1.17 bits per heavy atom. The van der Waals surface area contributed by atoms with Crippen LogP contribution in [-0.4, -0.2) is 71.9 Å². The number of nitrogens with one attached hydrogen (secondary N) is 1. The second-order valence-electron chi connectivity index (χ2n) is 7.79. The lowest BCUT2D eigenvalue weighted by molar-refractivity contribution is -0.111. The molecule has 2 rings (SSSR count). The molecule has 0 fully saturated rings. The smallest absolute Gasteiger partial charge is 0.253 e. The van der Waals surface area contributed by atoms with Crippen molar-refractivity contribution in [1.82, 2.24) is 19.8 Å². The summed E-state index contributed by atoms with van der Waals surface area (Å²) in [5.74, 6) is 0.336. The summed E-state index contributed by atoms with van der Waals surface area (Å²) < 4.78 is 5.82. The Kier molecular flexibility index (Phi) is 13.1. The first-order chi connectivity index (χ1) is 16.7. The number of hydrogen-bond acceptors (Lipinski definition) is 8. The maximum atomic E-state index is 12.8. The van der Waals surface area contributed by atoms with Crippen molar-refractivity contribution in [2.24, 2.45) is 0 Å². The number of aromatic nitrogens is 2. The van der Waals surface area contributed by atoms with E-state index in [4.69, 9.17) is 15.7 Å². The Hall–Kier alpha value is -3.97. The largest absolute Gasteiger partial charge is 0.490 e. The minimum atomic E-state index is -0.319. The van der Waals surface area contributed by atoms with Crippen molar-refractivity contribution >= 4 is 23.5 Å². The second kappa shape index (κ2) is 15.8. The fourth-order valence-electron chi connectivity index (χ4n) is 2.83. The summed E-state index contributed by atoms with van der Waals surface area (Å²) >= 11 is 0. The van der Waals surface area contributed by atoms with Gasteiger partial charge >= 0.3 is 0 Å². The highest BCUT2D eigenvalue weighted by Gasteiger charge is 2.17.